The third-order valence-corrected chi connectivity index (χ3v) is 8.33. The SMILES string of the molecule is CCc1ccc(Br)c(-c2cnn([C@H]3CCC[C@@H](C)C(=O)Nc4cc(NC(=O)OC)ccc4-c4ccnc3c4)c(=O)c2)c1F. The van der Waals surface area contributed by atoms with Crippen LogP contribution in [0.3, 0.4) is 0 Å². The summed E-state index contributed by atoms with van der Waals surface area (Å²) in [5, 5.41) is 10.1. The lowest BCUT2D eigenvalue weighted by Crippen LogP contribution is -2.29. The fourth-order valence-electron chi connectivity index (χ4n) is 5.27. The van der Waals surface area contributed by atoms with Gasteiger partial charge in [0.1, 0.15) is 5.82 Å². The van der Waals surface area contributed by atoms with Crippen LogP contribution in [0.2, 0.25) is 0 Å². The molecule has 0 aliphatic carbocycles. The van der Waals surface area contributed by atoms with Crippen molar-refractivity contribution in [2.45, 2.75) is 45.6 Å². The van der Waals surface area contributed by atoms with Gasteiger partial charge in [-0.05, 0) is 60.7 Å². The molecule has 5 rings (SSSR count). The molecule has 0 spiro atoms. The lowest BCUT2D eigenvalue weighted by atomic mass is 9.95. The standard InChI is InChI=1S/C32H31BrFN5O4/c1-4-19-8-11-24(33)29(30(19)34)21-15-28(40)39(36-17-21)27-7-5-6-18(2)31(41)38-25-16-22(37-32(42)43-3)9-10-23(25)20-12-13-35-26(27)14-20/h8-18,27H,4-7H2,1-3H3,(H,37,42)(H,38,41)/t18-,27+/m1/s1. The minimum Gasteiger partial charge on any atom is -0.453 e. The van der Waals surface area contributed by atoms with E-state index in [1.165, 1.54) is 24.1 Å². The number of amides is 2. The van der Waals surface area contributed by atoms with Gasteiger partial charge < -0.3 is 10.1 Å². The van der Waals surface area contributed by atoms with Gasteiger partial charge >= 0.3 is 6.09 Å². The quantitative estimate of drug-likeness (QED) is 0.247. The highest BCUT2D eigenvalue weighted by molar-refractivity contribution is 9.10. The first-order valence-electron chi connectivity index (χ1n) is 14.0. The summed E-state index contributed by atoms with van der Waals surface area (Å²) in [6.45, 7) is 3.72. The average molecular weight is 649 g/mol. The van der Waals surface area contributed by atoms with Crippen molar-refractivity contribution in [1.29, 1.82) is 0 Å². The molecule has 1 aliphatic heterocycles. The van der Waals surface area contributed by atoms with E-state index in [-0.39, 0.29) is 23.2 Å². The first-order chi connectivity index (χ1) is 20.7. The molecule has 2 N–H and O–H groups in total. The summed E-state index contributed by atoms with van der Waals surface area (Å²) in [6.07, 6.45) is 4.75. The van der Waals surface area contributed by atoms with Crippen molar-refractivity contribution in [2.75, 3.05) is 17.7 Å². The van der Waals surface area contributed by atoms with Gasteiger partial charge in [0.25, 0.3) is 5.56 Å². The molecule has 222 valence electrons. The highest BCUT2D eigenvalue weighted by Crippen LogP contribution is 2.35. The van der Waals surface area contributed by atoms with E-state index in [0.717, 1.165) is 5.56 Å². The van der Waals surface area contributed by atoms with Crippen LogP contribution in [0.4, 0.5) is 20.6 Å². The molecule has 4 aromatic rings. The molecule has 2 aromatic carbocycles. The predicted molar refractivity (Wildman–Crippen MR) is 166 cm³/mol. The number of nitrogens with one attached hydrogen (secondary N) is 2. The van der Waals surface area contributed by atoms with Gasteiger partial charge in [-0.2, -0.15) is 5.10 Å². The van der Waals surface area contributed by atoms with Crippen molar-refractivity contribution >= 4 is 39.3 Å². The Hall–Kier alpha value is -4.38. The van der Waals surface area contributed by atoms with Gasteiger partial charge in [0.05, 0.1) is 30.7 Å². The van der Waals surface area contributed by atoms with E-state index in [2.05, 4.69) is 36.6 Å². The molecule has 1 aliphatic rings. The maximum atomic E-state index is 15.3. The van der Waals surface area contributed by atoms with Crippen molar-refractivity contribution in [1.82, 2.24) is 14.8 Å². The van der Waals surface area contributed by atoms with Gasteiger partial charge in [-0.3, -0.25) is 19.9 Å². The molecule has 2 bridgehead atoms. The summed E-state index contributed by atoms with van der Waals surface area (Å²) < 4.78 is 21.9. The number of nitrogens with zero attached hydrogens (tertiary/aromatic N) is 3. The zero-order chi connectivity index (χ0) is 30.7. The molecular formula is C32H31BrFN5O4. The molecule has 0 saturated heterocycles. The summed E-state index contributed by atoms with van der Waals surface area (Å²) in [6, 6.07) is 13.2. The Morgan fingerprint density at radius 1 is 1.14 bits per heavy atom. The second kappa shape index (κ2) is 12.9. The summed E-state index contributed by atoms with van der Waals surface area (Å²) in [4.78, 5) is 43.1. The number of rotatable bonds is 4. The Bertz CT molecular complexity index is 1760. The number of carbonyl (C=O) groups is 2. The van der Waals surface area contributed by atoms with Gasteiger partial charge in [0, 0.05) is 45.0 Å². The van der Waals surface area contributed by atoms with Crippen LogP contribution >= 0.6 is 15.9 Å². The van der Waals surface area contributed by atoms with Crippen LogP contribution in [0.5, 0.6) is 0 Å². The van der Waals surface area contributed by atoms with Crippen LogP contribution in [-0.4, -0.2) is 33.9 Å². The lowest BCUT2D eigenvalue weighted by Gasteiger charge is -2.22. The smallest absolute Gasteiger partial charge is 0.411 e. The number of halogens is 2. The molecule has 0 saturated carbocycles. The third kappa shape index (κ3) is 6.36. The van der Waals surface area contributed by atoms with E-state index in [4.69, 9.17) is 4.74 Å². The number of carbonyl (C=O) groups excluding carboxylic acids is 2. The Morgan fingerprint density at radius 3 is 2.70 bits per heavy atom. The molecule has 2 aromatic heterocycles. The predicted octanol–water partition coefficient (Wildman–Crippen LogP) is 6.96. The summed E-state index contributed by atoms with van der Waals surface area (Å²) in [7, 11) is 1.27. The van der Waals surface area contributed by atoms with Crippen molar-refractivity contribution in [2.24, 2.45) is 5.92 Å². The minimum atomic E-state index is -0.626. The van der Waals surface area contributed by atoms with Crippen LogP contribution < -0.4 is 16.2 Å². The molecule has 2 amide bonds. The molecule has 11 heteroatoms. The van der Waals surface area contributed by atoms with Gasteiger partial charge in [-0.1, -0.05) is 48.3 Å². The molecule has 2 atom stereocenters. The lowest BCUT2D eigenvalue weighted by molar-refractivity contribution is -0.119. The molecule has 0 fully saturated rings. The van der Waals surface area contributed by atoms with Gasteiger partial charge in [-0.25, -0.2) is 13.9 Å². The second-order valence-electron chi connectivity index (χ2n) is 10.5. The Morgan fingerprint density at radius 2 is 1.95 bits per heavy atom. The topological polar surface area (TPSA) is 115 Å². The number of benzene rings is 2. The highest BCUT2D eigenvalue weighted by Gasteiger charge is 2.24. The van der Waals surface area contributed by atoms with E-state index in [1.807, 2.05) is 26.0 Å². The van der Waals surface area contributed by atoms with Crippen LogP contribution in [0.25, 0.3) is 22.3 Å². The number of aryl methyl sites for hydroxylation is 1. The molecular weight excluding hydrogens is 617 g/mol. The Kier molecular flexibility index (Phi) is 9.00. The number of hydrogen-bond acceptors (Lipinski definition) is 6. The molecule has 43 heavy (non-hydrogen) atoms. The van der Waals surface area contributed by atoms with E-state index in [0.29, 0.717) is 69.5 Å². The molecule has 0 radical (unpaired) electrons. The van der Waals surface area contributed by atoms with Crippen LogP contribution in [0, 0.1) is 11.7 Å². The average Bonchev–Trinajstić information content (AvgIpc) is 2.99. The maximum Gasteiger partial charge on any atom is 0.411 e. The Balaban J connectivity index is 1.59. The van der Waals surface area contributed by atoms with E-state index < -0.39 is 12.1 Å². The fourth-order valence-corrected chi connectivity index (χ4v) is 5.80. The number of methoxy groups -OCH3 is 1. The number of hydrogen-bond donors (Lipinski definition) is 2. The van der Waals surface area contributed by atoms with E-state index in [9.17, 15) is 14.4 Å². The number of anilines is 2. The van der Waals surface area contributed by atoms with Gasteiger partial charge in [0.15, 0.2) is 0 Å². The van der Waals surface area contributed by atoms with Crippen molar-refractivity contribution in [3.63, 3.8) is 0 Å². The van der Waals surface area contributed by atoms with Crippen LogP contribution in [0.1, 0.15) is 50.4 Å². The van der Waals surface area contributed by atoms with E-state index in [1.54, 1.807) is 36.5 Å². The first-order valence-corrected chi connectivity index (χ1v) is 14.8. The second-order valence-corrected chi connectivity index (χ2v) is 11.3. The Labute approximate surface area is 256 Å². The van der Waals surface area contributed by atoms with Gasteiger partial charge in [0.2, 0.25) is 5.91 Å². The summed E-state index contributed by atoms with van der Waals surface area (Å²) >= 11 is 3.42. The fraction of sp³-hybridized carbons (Fsp3) is 0.281. The van der Waals surface area contributed by atoms with E-state index >= 15 is 4.39 Å². The summed E-state index contributed by atoms with van der Waals surface area (Å²) in [5.74, 6) is -0.869. The monoisotopic (exact) mass is 647 g/mol. The normalized spacial score (nSPS) is 16.7. The maximum absolute atomic E-state index is 15.3. The summed E-state index contributed by atoms with van der Waals surface area (Å²) in [5.41, 5.74) is 3.92. The molecule has 3 heterocycles. The number of fused-ring (bicyclic) bond motifs is 4. The largest absolute Gasteiger partial charge is 0.453 e. The van der Waals surface area contributed by atoms with Gasteiger partial charge in [-0.15, -0.1) is 0 Å². The highest BCUT2D eigenvalue weighted by atomic mass is 79.9. The van der Waals surface area contributed by atoms with Crippen LogP contribution in [-0.2, 0) is 16.0 Å². The number of pyridine rings is 1. The van der Waals surface area contributed by atoms with Crippen LogP contribution in [0.15, 0.2) is 70.2 Å². The third-order valence-electron chi connectivity index (χ3n) is 7.67. The number of aromatic nitrogens is 3. The number of ether oxygens (including phenoxy) is 1. The molecule has 0 unspecified atom stereocenters. The zero-order valence-corrected chi connectivity index (χ0v) is 25.6. The van der Waals surface area contributed by atoms with Crippen molar-refractivity contribution in [3.8, 4) is 22.3 Å². The first kappa shape index (κ1) is 30.1. The minimum absolute atomic E-state index is 0.163. The van der Waals surface area contributed by atoms with Crippen molar-refractivity contribution in [3.05, 3.63) is 92.8 Å². The van der Waals surface area contributed by atoms with Crippen molar-refractivity contribution < 1.29 is 18.7 Å². The zero-order valence-electron chi connectivity index (χ0n) is 24.0. The molecule has 9 nitrogen and oxygen atoms in total.